The molecular formula is C20H19N5O. The summed E-state index contributed by atoms with van der Waals surface area (Å²) in [7, 11) is 0. The van der Waals surface area contributed by atoms with Crippen molar-refractivity contribution >= 4 is 28.3 Å². The molecular weight excluding hydrogens is 326 g/mol. The van der Waals surface area contributed by atoms with Gasteiger partial charge in [0.1, 0.15) is 11.6 Å². The van der Waals surface area contributed by atoms with E-state index in [9.17, 15) is 4.79 Å². The molecule has 130 valence electrons. The first-order valence-corrected chi connectivity index (χ1v) is 8.47. The van der Waals surface area contributed by atoms with Gasteiger partial charge in [0.25, 0.3) is 0 Å². The van der Waals surface area contributed by atoms with Crippen molar-refractivity contribution in [3.63, 3.8) is 0 Å². The Labute approximate surface area is 151 Å². The lowest BCUT2D eigenvalue weighted by molar-refractivity contribution is -0.117. The number of nitrogen functional groups attached to an aromatic ring is 1. The van der Waals surface area contributed by atoms with Gasteiger partial charge >= 0.3 is 0 Å². The number of hydrogen-bond acceptors (Lipinski definition) is 5. The molecule has 3 N–H and O–H groups in total. The van der Waals surface area contributed by atoms with Crippen LogP contribution in [0.4, 0.5) is 11.6 Å². The van der Waals surface area contributed by atoms with E-state index in [0.29, 0.717) is 11.6 Å². The van der Waals surface area contributed by atoms with E-state index < -0.39 is 0 Å². The van der Waals surface area contributed by atoms with Gasteiger partial charge in [-0.25, -0.2) is 9.97 Å². The highest BCUT2D eigenvalue weighted by Gasteiger charge is 2.40. The summed E-state index contributed by atoms with van der Waals surface area (Å²) in [5.74, 6) is 1.17. The largest absolute Gasteiger partial charge is 0.383 e. The number of carbonyl (C=O) groups excluding carboxylic acids is 1. The maximum Gasteiger partial charge on any atom is 0.229 e. The molecule has 0 spiro atoms. The zero-order valence-electron chi connectivity index (χ0n) is 14.4. The van der Waals surface area contributed by atoms with Crippen molar-refractivity contribution in [1.29, 1.82) is 0 Å². The van der Waals surface area contributed by atoms with Gasteiger partial charge in [-0.3, -0.25) is 9.78 Å². The molecule has 1 aliphatic rings. The van der Waals surface area contributed by atoms with Crippen LogP contribution < -0.4 is 11.1 Å². The summed E-state index contributed by atoms with van der Waals surface area (Å²) in [4.78, 5) is 25.2. The maximum absolute atomic E-state index is 12.2. The summed E-state index contributed by atoms with van der Waals surface area (Å²) in [6, 6.07) is 5.70. The fourth-order valence-corrected chi connectivity index (χ4v) is 3.11. The Hall–Kier alpha value is -3.28. The Kier molecular flexibility index (Phi) is 3.88. The molecule has 0 aromatic carbocycles. The van der Waals surface area contributed by atoms with Crippen LogP contribution in [0.3, 0.4) is 0 Å². The summed E-state index contributed by atoms with van der Waals surface area (Å²) in [6.45, 7) is 5.74. The van der Waals surface area contributed by atoms with Crippen LogP contribution in [0.5, 0.6) is 0 Å². The first kappa shape index (κ1) is 16.2. The van der Waals surface area contributed by atoms with E-state index in [-0.39, 0.29) is 17.7 Å². The zero-order chi connectivity index (χ0) is 18.3. The van der Waals surface area contributed by atoms with Crippen molar-refractivity contribution < 1.29 is 4.79 Å². The van der Waals surface area contributed by atoms with E-state index >= 15 is 0 Å². The number of aryl methyl sites for hydroxylation is 1. The molecule has 2 atom stereocenters. The monoisotopic (exact) mass is 345 g/mol. The number of aromatic nitrogens is 3. The molecule has 0 aliphatic heterocycles. The number of fused-ring (bicyclic) bond motifs is 1. The van der Waals surface area contributed by atoms with Gasteiger partial charge in [-0.1, -0.05) is 6.08 Å². The number of allylic oxidation sites excluding steroid dienone is 1. The highest BCUT2D eigenvalue weighted by molar-refractivity contribution is 5.98. The molecule has 3 aromatic heterocycles. The van der Waals surface area contributed by atoms with Crippen LogP contribution in [0.1, 0.15) is 12.0 Å². The second kappa shape index (κ2) is 6.22. The standard InChI is InChI=1S/C20H19N5O/c1-3-12-6-14(12)20(26)25-18-8-13-7-17(15-9-22-5-4-11(15)2)24-19(21)16(13)10-23-18/h3-5,7-10,12,14H,1,6H2,2H3,(H2,21,24)(H,23,25,26)/t12-,14?/m0/s1. The number of rotatable bonds is 4. The molecule has 3 heterocycles. The minimum Gasteiger partial charge on any atom is -0.383 e. The SMILES string of the molecule is C=C[C@H]1CC1C(=O)Nc1cc2cc(-c3cnccc3C)nc(N)c2cn1. The van der Waals surface area contributed by atoms with Crippen molar-refractivity contribution in [3.8, 4) is 11.3 Å². The number of hydrogen-bond donors (Lipinski definition) is 2. The fraction of sp³-hybridized carbons (Fsp3) is 0.200. The topological polar surface area (TPSA) is 93.8 Å². The van der Waals surface area contributed by atoms with Gasteiger partial charge in [-0.15, -0.1) is 6.58 Å². The van der Waals surface area contributed by atoms with E-state index in [1.54, 1.807) is 18.6 Å². The average molecular weight is 345 g/mol. The molecule has 0 radical (unpaired) electrons. The van der Waals surface area contributed by atoms with Crippen LogP contribution in [0, 0.1) is 18.8 Å². The van der Waals surface area contributed by atoms with E-state index in [1.165, 1.54) is 0 Å². The van der Waals surface area contributed by atoms with Crippen LogP contribution >= 0.6 is 0 Å². The van der Waals surface area contributed by atoms with Crippen LogP contribution in [0.2, 0.25) is 0 Å². The predicted octanol–water partition coefficient (Wildman–Crippen LogP) is 3.34. The molecule has 1 unspecified atom stereocenters. The van der Waals surface area contributed by atoms with Gasteiger partial charge in [0, 0.05) is 35.5 Å². The number of anilines is 2. The lowest BCUT2D eigenvalue weighted by Gasteiger charge is -2.10. The molecule has 6 nitrogen and oxygen atoms in total. The fourth-order valence-electron chi connectivity index (χ4n) is 3.11. The van der Waals surface area contributed by atoms with Gasteiger partial charge in [0.2, 0.25) is 5.91 Å². The number of amides is 1. The third-order valence-electron chi connectivity index (χ3n) is 4.79. The highest BCUT2D eigenvalue weighted by Crippen LogP contribution is 2.40. The molecule has 1 fully saturated rings. The Bertz CT molecular complexity index is 1030. The van der Waals surface area contributed by atoms with Gasteiger partial charge < -0.3 is 11.1 Å². The van der Waals surface area contributed by atoms with Gasteiger partial charge in [0.05, 0.1) is 5.69 Å². The van der Waals surface area contributed by atoms with Crippen molar-refractivity contribution in [2.45, 2.75) is 13.3 Å². The molecule has 3 aromatic rings. The molecule has 0 bridgehead atoms. The number of nitrogens with zero attached hydrogens (tertiary/aromatic N) is 3. The van der Waals surface area contributed by atoms with Crippen LogP contribution in [-0.2, 0) is 4.79 Å². The predicted molar refractivity (Wildman–Crippen MR) is 102 cm³/mol. The maximum atomic E-state index is 12.2. The Morgan fingerprint density at radius 3 is 2.96 bits per heavy atom. The number of nitrogens with one attached hydrogen (secondary N) is 1. The highest BCUT2D eigenvalue weighted by atomic mass is 16.2. The number of nitrogens with two attached hydrogens (primary N) is 1. The van der Waals surface area contributed by atoms with Crippen LogP contribution in [-0.4, -0.2) is 20.9 Å². The van der Waals surface area contributed by atoms with Gasteiger partial charge in [-0.2, -0.15) is 0 Å². The molecule has 1 amide bonds. The van der Waals surface area contributed by atoms with Crippen LogP contribution in [0.15, 0.2) is 49.4 Å². The van der Waals surface area contributed by atoms with E-state index in [0.717, 1.165) is 34.0 Å². The summed E-state index contributed by atoms with van der Waals surface area (Å²) >= 11 is 0. The van der Waals surface area contributed by atoms with Gasteiger partial charge in [0.15, 0.2) is 0 Å². The molecule has 0 saturated heterocycles. The third kappa shape index (κ3) is 2.90. The minimum absolute atomic E-state index is 0.00103. The van der Waals surface area contributed by atoms with Gasteiger partial charge in [-0.05, 0) is 48.4 Å². The Balaban J connectivity index is 1.69. The summed E-state index contributed by atoms with van der Waals surface area (Å²) in [5.41, 5.74) is 8.86. The zero-order valence-corrected chi connectivity index (χ0v) is 14.4. The first-order valence-electron chi connectivity index (χ1n) is 8.47. The van der Waals surface area contributed by atoms with Crippen molar-refractivity contribution in [2.75, 3.05) is 11.1 Å². The second-order valence-corrected chi connectivity index (χ2v) is 6.61. The van der Waals surface area contributed by atoms with Crippen molar-refractivity contribution in [3.05, 3.63) is 55.0 Å². The Morgan fingerprint density at radius 2 is 2.23 bits per heavy atom. The van der Waals surface area contributed by atoms with E-state index in [2.05, 4.69) is 26.8 Å². The summed E-state index contributed by atoms with van der Waals surface area (Å²) in [6.07, 6.45) is 7.84. The van der Waals surface area contributed by atoms with E-state index in [4.69, 9.17) is 5.73 Å². The second-order valence-electron chi connectivity index (χ2n) is 6.61. The lowest BCUT2D eigenvalue weighted by Crippen LogP contribution is -2.15. The lowest BCUT2D eigenvalue weighted by atomic mass is 10.1. The first-order chi connectivity index (χ1) is 12.6. The molecule has 26 heavy (non-hydrogen) atoms. The van der Waals surface area contributed by atoms with Crippen molar-refractivity contribution in [1.82, 2.24) is 15.0 Å². The van der Waals surface area contributed by atoms with Crippen molar-refractivity contribution in [2.24, 2.45) is 11.8 Å². The molecule has 4 rings (SSSR count). The van der Waals surface area contributed by atoms with E-state index in [1.807, 2.05) is 31.2 Å². The molecule has 1 aliphatic carbocycles. The normalized spacial score (nSPS) is 18.5. The summed E-state index contributed by atoms with van der Waals surface area (Å²) < 4.78 is 0. The smallest absolute Gasteiger partial charge is 0.229 e. The minimum atomic E-state index is -0.0212. The summed E-state index contributed by atoms with van der Waals surface area (Å²) in [5, 5.41) is 4.50. The quantitative estimate of drug-likeness (QED) is 0.707. The number of carbonyl (C=O) groups is 1. The average Bonchev–Trinajstić information content (AvgIpc) is 3.42. The molecule has 6 heteroatoms. The molecule has 1 saturated carbocycles. The number of pyridine rings is 3. The third-order valence-corrected chi connectivity index (χ3v) is 4.79. The Morgan fingerprint density at radius 1 is 1.38 bits per heavy atom. The van der Waals surface area contributed by atoms with Crippen LogP contribution in [0.25, 0.3) is 22.0 Å².